The Hall–Kier alpha value is -4.04. The fourth-order valence-corrected chi connectivity index (χ4v) is 4.42. The van der Waals surface area contributed by atoms with Crippen LogP contribution < -0.4 is 20.1 Å². The van der Waals surface area contributed by atoms with Gasteiger partial charge in [0.15, 0.2) is 0 Å². The van der Waals surface area contributed by atoms with Crippen LogP contribution in [0.25, 0.3) is 0 Å². The molecule has 1 fully saturated rings. The van der Waals surface area contributed by atoms with Gasteiger partial charge in [-0.15, -0.1) is 0 Å². The van der Waals surface area contributed by atoms with E-state index in [1.165, 1.54) is 6.07 Å². The predicted octanol–water partition coefficient (Wildman–Crippen LogP) is 5.31. The molecule has 0 radical (unpaired) electrons. The molecule has 1 aliphatic carbocycles. The zero-order chi connectivity index (χ0) is 26.9. The van der Waals surface area contributed by atoms with Crippen LogP contribution in [-0.4, -0.2) is 42.1 Å². The zero-order valence-corrected chi connectivity index (χ0v) is 21.4. The van der Waals surface area contributed by atoms with Gasteiger partial charge in [0.1, 0.15) is 17.2 Å². The number of benzene rings is 3. The van der Waals surface area contributed by atoms with E-state index in [-0.39, 0.29) is 36.9 Å². The van der Waals surface area contributed by atoms with Crippen molar-refractivity contribution in [3.05, 3.63) is 88.9 Å². The average Bonchev–Trinajstić information content (AvgIpc) is 2.93. The Labute approximate surface area is 225 Å². The predicted molar refractivity (Wildman–Crippen MR) is 143 cm³/mol. The molecule has 0 atom stereocenters. The first-order chi connectivity index (χ1) is 18.4. The number of hydrogen-bond donors (Lipinski definition) is 3. The third kappa shape index (κ3) is 7.49. The third-order valence-electron chi connectivity index (χ3n) is 6.30. The van der Waals surface area contributed by atoms with Gasteiger partial charge in [-0.05, 0) is 80.3 Å². The average molecular weight is 537 g/mol. The minimum atomic E-state index is -0.744. The van der Waals surface area contributed by atoms with Crippen LogP contribution in [0.3, 0.4) is 0 Å². The molecule has 0 heterocycles. The number of hydrogen-bond acceptors (Lipinski definition) is 5. The second-order valence-electron chi connectivity index (χ2n) is 9.03. The van der Waals surface area contributed by atoms with Gasteiger partial charge in [0.05, 0.1) is 17.0 Å². The second-order valence-corrected chi connectivity index (χ2v) is 9.43. The molecule has 0 aliphatic heterocycles. The molecular formula is C29H29ClN2O6. The highest BCUT2D eigenvalue weighted by molar-refractivity contribution is 6.32. The molecule has 38 heavy (non-hydrogen) atoms. The Morgan fingerprint density at radius 2 is 1.39 bits per heavy atom. The smallest absolute Gasteiger partial charge is 0.306 e. The number of para-hydroxylation sites is 1. The molecule has 2 amide bonds. The van der Waals surface area contributed by atoms with Crippen molar-refractivity contribution in [2.75, 3.05) is 13.1 Å². The summed E-state index contributed by atoms with van der Waals surface area (Å²) >= 11 is 6.28. The van der Waals surface area contributed by atoms with Crippen LogP contribution in [0, 0.1) is 5.92 Å². The molecule has 1 saturated carbocycles. The lowest BCUT2D eigenvalue weighted by Crippen LogP contribution is -2.34. The molecule has 0 spiro atoms. The first kappa shape index (κ1) is 27.0. The Bertz CT molecular complexity index is 1260. The van der Waals surface area contributed by atoms with Gasteiger partial charge in [0, 0.05) is 24.2 Å². The molecule has 9 heteroatoms. The number of ether oxygens (including phenoxy) is 2. The monoisotopic (exact) mass is 536 g/mol. The molecule has 3 N–H and O–H groups in total. The van der Waals surface area contributed by atoms with E-state index < -0.39 is 5.97 Å². The van der Waals surface area contributed by atoms with Crippen LogP contribution in [0.5, 0.6) is 17.2 Å². The third-order valence-corrected chi connectivity index (χ3v) is 6.60. The highest BCUT2D eigenvalue weighted by atomic mass is 35.5. The minimum Gasteiger partial charge on any atom is -0.490 e. The number of nitrogens with one attached hydrogen (secondary N) is 2. The molecule has 3 aromatic carbocycles. The largest absolute Gasteiger partial charge is 0.490 e. The molecule has 0 aromatic heterocycles. The van der Waals surface area contributed by atoms with Crippen molar-refractivity contribution in [2.45, 2.75) is 31.8 Å². The Kier molecular flexibility index (Phi) is 9.21. The first-order valence-electron chi connectivity index (χ1n) is 12.5. The molecule has 4 rings (SSSR count). The maximum atomic E-state index is 12.5. The summed E-state index contributed by atoms with van der Waals surface area (Å²) in [4.78, 5) is 36.0. The zero-order valence-electron chi connectivity index (χ0n) is 20.7. The quantitative estimate of drug-likeness (QED) is 0.302. The molecule has 8 nitrogen and oxygen atoms in total. The SMILES string of the molecule is O=C(NCCNC(=O)c1ccc(Oc2ccccc2)c(Cl)c1)c1ccc(OC2CCC(C(=O)O)CC2)cc1. The fourth-order valence-electron chi connectivity index (χ4n) is 4.20. The van der Waals surface area contributed by atoms with Gasteiger partial charge in [0.25, 0.3) is 11.8 Å². The van der Waals surface area contributed by atoms with Crippen LogP contribution in [0.2, 0.25) is 5.02 Å². The number of amides is 2. The van der Waals surface area contributed by atoms with Crippen LogP contribution in [0.4, 0.5) is 0 Å². The summed E-state index contributed by atoms with van der Waals surface area (Å²) in [5, 5.41) is 15.0. The van der Waals surface area contributed by atoms with Crippen LogP contribution in [-0.2, 0) is 4.79 Å². The van der Waals surface area contributed by atoms with Crippen molar-refractivity contribution in [2.24, 2.45) is 5.92 Å². The first-order valence-corrected chi connectivity index (χ1v) is 12.8. The van der Waals surface area contributed by atoms with E-state index in [0.29, 0.717) is 59.1 Å². The van der Waals surface area contributed by atoms with Gasteiger partial charge < -0.3 is 25.2 Å². The Balaban J connectivity index is 1.18. The van der Waals surface area contributed by atoms with Gasteiger partial charge in [0.2, 0.25) is 0 Å². The highest BCUT2D eigenvalue weighted by Crippen LogP contribution is 2.30. The van der Waals surface area contributed by atoms with Gasteiger partial charge in [-0.3, -0.25) is 14.4 Å². The highest BCUT2D eigenvalue weighted by Gasteiger charge is 2.26. The fraction of sp³-hybridized carbons (Fsp3) is 0.276. The van der Waals surface area contributed by atoms with Crippen LogP contribution in [0.15, 0.2) is 72.8 Å². The van der Waals surface area contributed by atoms with Gasteiger partial charge in [-0.2, -0.15) is 0 Å². The van der Waals surface area contributed by atoms with E-state index in [9.17, 15) is 14.4 Å². The molecule has 198 valence electrons. The van der Waals surface area contributed by atoms with E-state index in [1.807, 2.05) is 30.3 Å². The minimum absolute atomic E-state index is 0.0173. The normalized spacial score (nSPS) is 16.8. The topological polar surface area (TPSA) is 114 Å². The van der Waals surface area contributed by atoms with Gasteiger partial charge in [-0.25, -0.2) is 0 Å². The van der Waals surface area contributed by atoms with E-state index >= 15 is 0 Å². The van der Waals surface area contributed by atoms with Crippen LogP contribution >= 0.6 is 11.6 Å². The molecule has 1 aliphatic rings. The summed E-state index contributed by atoms with van der Waals surface area (Å²) < 4.78 is 11.7. The van der Waals surface area contributed by atoms with Crippen molar-refractivity contribution in [1.82, 2.24) is 10.6 Å². The van der Waals surface area contributed by atoms with Crippen molar-refractivity contribution in [1.29, 1.82) is 0 Å². The Morgan fingerprint density at radius 3 is 2.00 bits per heavy atom. The number of carboxylic acids is 1. The van der Waals surface area contributed by atoms with E-state index in [4.69, 9.17) is 26.2 Å². The number of aliphatic carboxylic acids is 1. The lowest BCUT2D eigenvalue weighted by atomic mass is 9.87. The van der Waals surface area contributed by atoms with E-state index in [1.54, 1.807) is 36.4 Å². The van der Waals surface area contributed by atoms with Crippen molar-refractivity contribution in [3.8, 4) is 17.2 Å². The summed E-state index contributed by atoms with van der Waals surface area (Å²) in [6.45, 7) is 0.489. The summed E-state index contributed by atoms with van der Waals surface area (Å²) in [5.41, 5.74) is 0.854. The van der Waals surface area contributed by atoms with Crippen molar-refractivity contribution < 1.29 is 29.0 Å². The molecule has 0 unspecified atom stereocenters. The second kappa shape index (κ2) is 13.0. The number of carbonyl (C=O) groups is 3. The van der Waals surface area contributed by atoms with Gasteiger partial charge in [-0.1, -0.05) is 29.8 Å². The number of rotatable bonds is 10. The molecule has 0 bridgehead atoms. The summed E-state index contributed by atoms with van der Waals surface area (Å²) in [6.07, 6.45) is 2.60. The molecular weight excluding hydrogens is 508 g/mol. The van der Waals surface area contributed by atoms with Crippen molar-refractivity contribution >= 4 is 29.4 Å². The van der Waals surface area contributed by atoms with E-state index in [0.717, 1.165) is 0 Å². The molecule has 0 saturated heterocycles. The number of carboxylic acid groups (broad SMARTS) is 1. The van der Waals surface area contributed by atoms with Gasteiger partial charge >= 0.3 is 5.97 Å². The Morgan fingerprint density at radius 1 is 0.789 bits per heavy atom. The lowest BCUT2D eigenvalue weighted by Gasteiger charge is -2.26. The summed E-state index contributed by atoms with van der Waals surface area (Å²) in [5.74, 6) is 0.124. The maximum Gasteiger partial charge on any atom is 0.306 e. The summed E-state index contributed by atoms with van der Waals surface area (Å²) in [6, 6.07) is 20.8. The number of carbonyl (C=O) groups excluding carboxylic acids is 2. The van der Waals surface area contributed by atoms with Crippen molar-refractivity contribution in [3.63, 3.8) is 0 Å². The maximum absolute atomic E-state index is 12.5. The standard InChI is InChI=1S/C29H29ClN2O6/c30-25-18-21(10-15-26(25)38-22-4-2-1-3-5-22)28(34)32-17-16-31-27(33)19-6-11-23(12-7-19)37-24-13-8-20(9-14-24)29(35)36/h1-7,10-12,15,18,20,24H,8-9,13-14,16-17H2,(H,31,33)(H,32,34)(H,35,36). The number of halogens is 1. The lowest BCUT2D eigenvalue weighted by molar-refractivity contribution is -0.143. The summed E-state index contributed by atoms with van der Waals surface area (Å²) in [7, 11) is 0. The molecule has 3 aromatic rings. The van der Waals surface area contributed by atoms with Crippen LogP contribution in [0.1, 0.15) is 46.4 Å². The van der Waals surface area contributed by atoms with E-state index in [2.05, 4.69) is 10.6 Å².